The number of imidazole rings is 1. The van der Waals surface area contributed by atoms with Crippen molar-refractivity contribution >= 4 is 35.1 Å². The highest BCUT2D eigenvalue weighted by atomic mass is 16.6. The number of fused-ring (bicyclic) bond motifs is 1. The van der Waals surface area contributed by atoms with Crippen LogP contribution in [0.25, 0.3) is 11.2 Å². The summed E-state index contributed by atoms with van der Waals surface area (Å²) in [6.07, 6.45) is -1.98. The first-order valence-corrected chi connectivity index (χ1v) is 11.9. The maximum atomic E-state index is 12.4. The molecule has 14 heteroatoms. The van der Waals surface area contributed by atoms with E-state index in [-0.39, 0.29) is 42.0 Å². The number of anilines is 1. The van der Waals surface area contributed by atoms with Gasteiger partial charge in [0.25, 0.3) is 5.56 Å². The van der Waals surface area contributed by atoms with Crippen molar-refractivity contribution in [2.45, 2.75) is 45.3 Å². The fourth-order valence-electron chi connectivity index (χ4n) is 3.73. The molecule has 2 aromatic heterocycles. The first-order chi connectivity index (χ1) is 18.2. The second-order valence-electron chi connectivity index (χ2n) is 8.87. The van der Waals surface area contributed by atoms with Crippen LogP contribution in [0.15, 0.2) is 41.5 Å². The molecule has 3 atom stereocenters. The van der Waals surface area contributed by atoms with E-state index in [2.05, 4.69) is 25.6 Å². The zero-order valence-electron chi connectivity index (χ0n) is 20.7. The third kappa shape index (κ3) is 6.33. The van der Waals surface area contributed by atoms with Crippen LogP contribution < -0.4 is 16.2 Å². The molecule has 4 rings (SSSR count). The Morgan fingerprint density at radius 2 is 2.03 bits per heavy atom. The van der Waals surface area contributed by atoms with Gasteiger partial charge in [0.05, 0.1) is 12.9 Å². The minimum absolute atomic E-state index is 0.0211. The van der Waals surface area contributed by atoms with Gasteiger partial charge in [0.2, 0.25) is 11.9 Å². The average molecular weight is 529 g/mol. The van der Waals surface area contributed by atoms with Crippen molar-refractivity contribution in [3.05, 3.63) is 52.6 Å². The Labute approximate surface area is 216 Å². The average Bonchev–Trinajstić information content (AvgIpc) is 3.50. The van der Waals surface area contributed by atoms with Crippen LogP contribution in [0.3, 0.4) is 0 Å². The van der Waals surface area contributed by atoms with Crippen LogP contribution in [0.4, 0.5) is 10.7 Å². The first kappa shape index (κ1) is 26.8. The van der Waals surface area contributed by atoms with Crippen LogP contribution in [-0.2, 0) is 30.4 Å². The number of amides is 2. The third-order valence-electron chi connectivity index (χ3n) is 5.75. The van der Waals surface area contributed by atoms with E-state index in [4.69, 9.17) is 14.2 Å². The number of nitrogens with zero attached hydrogens (tertiary/aromatic N) is 3. The normalized spacial score (nSPS) is 18.9. The Kier molecular flexibility index (Phi) is 8.33. The summed E-state index contributed by atoms with van der Waals surface area (Å²) < 4.78 is 17.8. The molecule has 4 N–H and O–H groups in total. The standard InChI is InChI=1S/C24H28N6O8/c1-13(2)21(33)28-23-27-20-19(22(34)29-23)26-12-30(20)17-8-15(16(10-31)37-17)38-24(35)25-9-18(32)36-11-14-6-4-3-5-7-14/h3-7,12-13,15-17,31H,8-11H2,1-2H3,(H,25,35)(H2,27,28,29,33,34)/t15-,16-,17-/m1/s1. The van der Waals surface area contributed by atoms with Crippen LogP contribution in [0.1, 0.15) is 32.1 Å². The number of H-pyrrole nitrogens is 1. The van der Waals surface area contributed by atoms with E-state index in [1.807, 2.05) is 18.2 Å². The number of nitrogens with one attached hydrogen (secondary N) is 3. The number of carbonyl (C=O) groups excluding carboxylic acids is 3. The number of aliphatic hydroxyl groups excluding tert-OH is 1. The van der Waals surface area contributed by atoms with Gasteiger partial charge in [0.15, 0.2) is 11.2 Å². The molecule has 0 spiro atoms. The molecule has 0 aliphatic carbocycles. The van der Waals surface area contributed by atoms with Gasteiger partial charge in [0, 0.05) is 12.3 Å². The van der Waals surface area contributed by atoms with Crippen molar-refractivity contribution in [2.24, 2.45) is 5.92 Å². The lowest BCUT2D eigenvalue weighted by molar-refractivity contribution is -0.143. The number of aromatic nitrogens is 4. The highest BCUT2D eigenvalue weighted by Gasteiger charge is 2.39. The lowest BCUT2D eigenvalue weighted by Crippen LogP contribution is -2.37. The number of aromatic amines is 1. The van der Waals surface area contributed by atoms with E-state index in [9.17, 15) is 24.3 Å². The molecule has 3 aromatic rings. The van der Waals surface area contributed by atoms with Gasteiger partial charge in [-0.3, -0.25) is 29.3 Å². The van der Waals surface area contributed by atoms with Gasteiger partial charge in [-0.25, -0.2) is 9.78 Å². The molecule has 1 aliphatic rings. The monoisotopic (exact) mass is 528 g/mol. The minimum Gasteiger partial charge on any atom is -0.460 e. The minimum atomic E-state index is -0.891. The number of aliphatic hydroxyl groups is 1. The summed E-state index contributed by atoms with van der Waals surface area (Å²) in [5.74, 6) is -1.36. The molecule has 202 valence electrons. The lowest BCUT2D eigenvalue weighted by Gasteiger charge is -2.16. The SMILES string of the molecule is CC(C)C(=O)Nc1nc2c(ncn2[C@H]2C[C@@H](OC(=O)NCC(=O)OCc3ccccc3)[C@@H](CO)O2)c(=O)[nH]1. The van der Waals surface area contributed by atoms with Crippen molar-refractivity contribution in [1.29, 1.82) is 0 Å². The molecule has 0 radical (unpaired) electrons. The molecule has 0 unspecified atom stereocenters. The van der Waals surface area contributed by atoms with Crippen LogP contribution in [-0.4, -0.2) is 68.0 Å². The van der Waals surface area contributed by atoms with Crippen LogP contribution in [0.2, 0.25) is 0 Å². The van der Waals surface area contributed by atoms with Gasteiger partial charge in [-0.1, -0.05) is 44.2 Å². The van der Waals surface area contributed by atoms with E-state index in [0.29, 0.717) is 0 Å². The Morgan fingerprint density at radius 3 is 2.74 bits per heavy atom. The maximum absolute atomic E-state index is 12.4. The summed E-state index contributed by atoms with van der Waals surface area (Å²) in [5.41, 5.74) is 0.408. The number of hydrogen-bond donors (Lipinski definition) is 4. The van der Waals surface area contributed by atoms with E-state index >= 15 is 0 Å². The Morgan fingerprint density at radius 1 is 1.26 bits per heavy atom. The van der Waals surface area contributed by atoms with Gasteiger partial charge < -0.3 is 24.6 Å². The van der Waals surface area contributed by atoms with Crippen LogP contribution in [0.5, 0.6) is 0 Å². The van der Waals surface area contributed by atoms with Gasteiger partial charge in [-0.05, 0) is 5.56 Å². The Balaban J connectivity index is 1.37. The molecule has 3 heterocycles. The molecule has 1 saturated heterocycles. The number of rotatable bonds is 9. The highest BCUT2D eigenvalue weighted by Crippen LogP contribution is 2.32. The van der Waals surface area contributed by atoms with E-state index in [1.165, 1.54) is 10.9 Å². The van der Waals surface area contributed by atoms with Crippen molar-refractivity contribution < 1.29 is 33.7 Å². The molecule has 38 heavy (non-hydrogen) atoms. The number of esters is 1. The number of alkyl carbamates (subject to hydrolysis) is 1. The lowest BCUT2D eigenvalue weighted by atomic mass is 10.2. The number of carbonyl (C=O) groups is 3. The number of benzene rings is 1. The molecule has 1 fully saturated rings. The number of hydrogen-bond acceptors (Lipinski definition) is 10. The molecule has 1 aliphatic heterocycles. The van der Waals surface area contributed by atoms with Crippen molar-refractivity contribution in [1.82, 2.24) is 24.8 Å². The number of ether oxygens (including phenoxy) is 3. The van der Waals surface area contributed by atoms with Crippen molar-refractivity contribution in [3.8, 4) is 0 Å². The van der Waals surface area contributed by atoms with Gasteiger partial charge >= 0.3 is 12.1 Å². The molecular weight excluding hydrogens is 500 g/mol. The highest BCUT2D eigenvalue weighted by molar-refractivity contribution is 5.91. The second-order valence-corrected chi connectivity index (χ2v) is 8.87. The third-order valence-corrected chi connectivity index (χ3v) is 5.75. The molecule has 0 bridgehead atoms. The zero-order chi connectivity index (χ0) is 27.2. The van der Waals surface area contributed by atoms with Crippen molar-refractivity contribution in [2.75, 3.05) is 18.5 Å². The molecule has 14 nitrogen and oxygen atoms in total. The van der Waals surface area contributed by atoms with Crippen LogP contribution in [0, 0.1) is 5.92 Å². The van der Waals surface area contributed by atoms with Crippen LogP contribution >= 0.6 is 0 Å². The fourth-order valence-corrected chi connectivity index (χ4v) is 3.73. The summed E-state index contributed by atoms with van der Waals surface area (Å²) in [7, 11) is 0. The van der Waals surface area contributed by atoms with E-state index in [1.54, 1.807) is 26.0 Å². The molecule has 0 saturated carbocycles. The van der Waals surface area contributed by atoms with E-state index < -0.39 is 49.2 Å². The molecule has 1 aromatic carbocycles. The predicted molar refractivity (Wildman–Crippen MR) is 132 cm³/mol. The predicted octanol–water partition coefficient (Wildman–Crippen LogP) is 0.832. The summed E-state index contributed by atoms with van der Waals surface area (Å²) >= 11 is 0. The largest absolute Gasteiger partial charge is 0.460 e. The summed E-state index contributed by atoms with van der Waals surface area (Å²) in [5, 5.41) is 14.6. The zero-order valence-corrected chi connectivity index (χ0v) is 20.7. The Hall–Kier alpha value is -4.30. The van der Waals surface area contributed by atoms with Gasteiger partial charge in [0.1, 0.15) is 31.6 Å². The summed E-state index contributed by atoms with van der Waals surface area (Å²) in [6, 6.07) is 9.08. The molecule has 2 amide bonds. The smallest absolute Gasteiger partial charge is 0.408 e. The van der Waals surface area contributed by atoms with Crippen molar-refractivity contribution in [3.63, 3.8) is 0 Å². The second kappa shape index (κ2) is 11.8. The van der Waals surface area contributed by atoms with Gasteiger partial charge in [-0.2, -0.15) is 4.98 Å². The first-order valence-electron chi connectivity index (χ1n) is 11.9. The quantitative estimate of drug-likeness (QED) is 0.290. The maximum Gasteiger partial charge on any atom is 0.408 e. The topological polar surface area (TPSA) is 187 Å². The van der Waals surface area contributed by atoms with E-state index in [0.717, 1.165) is 5.56 Å². The Bertz CT molecular complexity index is 1350. The molecular formula is C24H28N6O8. The summed E-state index contributed by atoms with van der Waals surface area (Å²) in [4.78, 5) is 59.5. The fraction of sp³-hybridized carbons (Fsp3) is 0.417. The van der Waals surface area contributed by atoms with Gasteiger partial charge in [-0.15, -0.1) is 0 Å². The summed E-state index contributed by atoms with van der Waals surface area (Å²) in [6.45, 7) is 2.60.